The first-order valence-corrected chi connectivity index (χ1v) is 5.78. The van der Waals surface area contributed by atoms with Crippen LogP contribution in [0.4, 0.5) is 0 Å². The van der Waals surface area contributed by atoms with Crippen LogP contribution >= 0.6 is 0 Å². The Labute approximate surface area is 88.6 Å². The van der Waals surface area contributed by atoms with Gasteiger partial charge in [-0.2, -0.15) is 8.42 Å². The quantitative estimate of drug-likeness (QED) is 0.248. The van der Waals surface area contributed by atoms with Crippen LogP contribution in [0, 0.1) is 12.3 Å². The van der Waals surface area contributed by atoms with Crippen molar-refractivity contribution in [3.05, 3.63) is 0 Å². The van der Waals surface area contributed by atoms with Crippen LogP contribution in [-0.4, -0.2) is 47.1 Å². The van der Waals surface area contributed by atoms with Crippen LogP contribution < -0.4 is 0 Å². The van der Waals surface area contributed by atoms with Crippen LogP contribution in [0.25, 0.3) is 0 Å². The lowest BCUT2D eigenvalue weighted by Gasteiger charge is -2.03. The predicted octanol–water partition coefficient (Wildman–Crippen LogP) is -0.844. The van der Waals surface area contributed by atoms with E-state index in [9.17, 15) is 13.2 Å². The molecule has 0 aliphatic carbocycles. The summed E-state index contributed by atoms with van der Waals surface area (Å²) in [4.78, 5) is 10.8. The smallest absolute Gasteiger partial charge is 0.333 e. The van der Waals surface area contributed by atoms with Crippen molar-refractivity contribution >= 4 is 16.1 Å². The molecule has 7 heteroatoms. The zero-order chi connectivity index (χ0) is 11.7. The minimum Gasteiger partial charge on any atom is -0.451 e. The highest BCUT2D eigenvalue weighted by molar-refractivity contribution is 7.85. The van der Waals surface area contributed by atoms with Crippen LogP contribution in [0.1, 0.15) is 0 Å². The number of esters is 1. The molecule has 0 bridgehead atoms. The van der Waals surface area contributed by atoms with Gasteiger partial charge in [0.2, 0.25) is 0 Å². The maximum Gasteiger partial charge on any atom is 0.333 e. The Morgan fingerprint density at radius 3 is 2.60 bits per heavy atom. The summed E-state index contributed by atoms with van der Waals surface area (Å²) in [6.07, 6.45) is 5.77. The van der Waals surface area contributed by atoms with Gasteiger partial charge in [0.1, 0.15) is 6.61 Å². The maximum absolute atomic E-state index is 10.8. The van der Waals surface area contributed by atoms with Gasteiger partial charge in [-0.1, -0.05) is 5.92 Å². The van der Waals surface area contributed by atoms with E-state index in [1.165, 1.54) is 0 Å². The molecule has 0 aromatic rings. The van der Waals surface area contributed by atoms with Crippen molar-refractivity contribution in [2.75, 3.05) is 32.7 Å². The van der Waals surface area contributed by atoms with Crippen LogP contribution in [0.5, 0.6) is 0 Å². The molecule has 0 unspecified atom stereocenters. The fraction of sp³-hybridized carbons (Fsp3) is 0.625. The van der Waals surface area contributed by atoms with Gasteiger partial charge in [0.05, 0.1) is 19.5 Å². The lowest BCUT2D eigenvalue weighted by Crippen LogP contribution is -2.16. The molecular weight excluding hydrogens is 224 g/mol. The number of hydrogen-bond acceptors (Lipinski definition) is 6. The number of ether oxygens (including phenoxy) is 2. The van der Waals surface area contributed by atoms with E-state index in [0.717, 1.165) is 6.26 Å². The topological polar surface area (TPSA) is 78.9 Å². The van der Waals surface area contributed by atoms with Gasteiger partial charge in [-0.25, -0.2) is 4.79 Å². The summed E-state index contributed by atoms with van der Waals surface area (Å²) in [7, 11) is -3.46. The van der Waals surface area contributed by atoms with E-state index < -0.39 is 16.1 Å². The van der Waals surface area contributed by atoms with Crippen LogP contribution in [0.3, 0.4) is 0 Å². The van der Waals surface area contributed by atoms with Crippen molar-refractivity contribution in [3.63, 3.8) is 0 Å². The summed E-state index contributed by atoms with van der Waals surface area (Å²) >= 11 is 0. The highest BCUT2D eigenvalue weighted by Crippen LogP contribution is 1.87. The third kappa shape index (κ3) is 10.8. The summed E-state index contributed by atoms with van der Waals surface area (Å²) in [5.74, 6) is 1.51. The van der Waals surface area contributed by atoms with E-state index in [2.05, 4.69) is 14.8 Å². The van der Waals surface area contributed by atoms with Crippen molar-refractivity contribution < 1.29 is 26.9 Å². The number of carbonyl (C=O) groups is 1. The molecule has 0 aromatic carbocycles. The molecule has 0 aromatic heterocycles. The summed E-state index contributed by atoms with van der Waals surface area (Å²) in [5, 5.41) is 0. The molecule has 0 heterocycles. The molecule has 0 N–H and O–H groups in total. The van der Waals surface area contributed by atoms with Crippen molar-refractivity contribution in [2.24, 2.45) is 0 Å². The largest absolute Gasteiger partial charge is 0.451 e. The van der Waals surface area contributed by atoms with E-state index in [0.29, 0.717) is 0 Å². The molecule has 0 aliphatic heterocycles. The molecule has 6 nitrogen and oxygen atoms in total. The fourth-order valence-corrected chi connectivity index (χ4v) is 0.934. The Morgan fingerprint density at radius 1 is 1.40 bits per heavy atom. The van der Waals surface area contributed by atoms with Gasteiger partial charge < -0.3 is 9.47 Å². The van der Waals surface area contributed by atoms with E-state index >= 15 is 0 Å². The van der Waals surface area contributed by atoms with Crippen LogP contribution in [-0.2, 0) is 28.6 Å². The Kier molecular flexibility index (Phi) is 6.70. The average Bonchev–Trinajstić information content (AvgIpc) is 2.12. The van der Waals surface area contributed by atoms with Gasteiger partial charge in [-0.3, -0.25) is 4.18 Å². The minimum absolute atomic E-state index is 0.0157. The number of terminal acetylenes is 1. The second-order valence-corrected chi connectivity index (χ2v) is 4.09. The molecule has 0 spiro atoms. The van der Waals surface area contributed by atoms with Gasteiger partial charge in [-0.15, -0.1) is 6.42 Å². The summed E-state index contributed by atoms with van der Waals surface area (Å²) in [5.41, 5.74) is 0. The Hall–Kier alpha value is -1.10. The molecular formula is C8H12O6S. The number of carbonyl (C=O) groups excluding carboxylic acids is 1. The molecule has 0 saturated carbocycles. The molecule has 0 fully saturated rings. The zero-order valence-corrected chi connectivity index (χ0v) is 9.08. The third-order valence-electron chi connectivity index (χ3n) is 1.06. The first-order valence-electron chi connectivity index (χ1n) is 3.97. The monoisotopic (exact) mass is 236 g/mol. The second kappa shape index (κ2) is 7.23. The first kappa shape index (κ1) is 13.9. The van der Waals surface area contributed by atoms with E-state index in [-0.39, 0.29) is 26.4 Å². The van der Waals surface area contributed by atoms with E-state index in [1.807, 2.05) is 0 Å². The molecule has 0 amide bonds. The van der Waals surface area contributed by atoms with E-state index in [1.54, 1.807) is 0 Å². The van der Waals surface area contributed by atoms with Gasteiger partial charge in [0, 0.05) is 0 Å². The van der Waals surface area contributed by atoms with Crippen molar-refractivity contribution in [2.45, 2.75) is 0 Å². The normalized spacial score (nSPS) is 10.7. The van der Waals surface area contributed by atoms with Gasteiger partial charge in [-0.05, 0) is 0 Å². The fourth-order valence-electron chi connectivity index (χ4n) is 0.564. The van der Waals surface area contributed by atoms with Gasteiger partial charge in [0.15, 0.2) is 6.61 Å². The summed E-state index contributed by atoms with van der Waals surface area (Å²) in [6.45, 7) is -0.545. The van der Waals surface area contributed by atoms with Crippen LogP contribution in [0.2, 0.25) is 0 Å². The second-order valence-electron chi connectivity index (χ2n) is 2.44. The van der Waals surface area contributed by atoms with Gasteiger partial charge in [0.25, 0.3) is 10.1 Å². The van der Waals surface area contributed by atoms with Crippen molar-refractivity contribution in [1.82, 2.24) is 0 Å². The molecule has 0 atom stereocenters. The first-order chi connectivity index (χ1) is 6.95. The predicted molar refractivity (Wildman–Crippen MR) is 51.4 cm³/mol. The molecule has 86 valence electrons. The molecule has 0 radical (unpaired) electrons. The zero-order valence-electron chi connectivity index (χ0n) is 8.26. The lowest BCUT2D eigenvalue weighted by molar-refractivity contribution is -0.147. The standard InChI is InChI=1S/C8H12O6S/c1-3-4-13-8(9)7-12-5-6-14-15(2,10)11/h1H,4-7H2,2H3. The Morgan fingerprint density at radius 2 is 2.07 bits per heavy atom. The molecule has 0 rings (SSSR count). The van der Waals surface area contributed by atoms with E-state index in [4.69, 9.17) is 11.2 Å². The molecule has 0 saturated heterocycles. The highest BCUT2D eigenvalue weighted by Gasteiger charge is 2.03. The summed E-state index contributed by atoms with van der Waals surface area (Å²) in [6, 6.07) is 0. The van der Waals surface area contributed by atoms with Gasteiger partial charge >= 0.3 is 5.97 Å². The minimum atomic E-state index is -3.46. The maximum atomic E-state index is 10.8. The molecule has 0 aliphatic rings. The lowest BCUT2D eigenvalue weighted by atomic mass is 10.7. The number of hydrogen-bond donors (Lipinski definition) is 0. The Bertz CT molecular complexity index is 326. The SMILES string of the molecule is C#CCOC(=O)COCCOS(C)(=O)=O. The summed E-state index contributed by atoms with van der Waals surface area (Å²) < 4.78 is 34.5. The Balaban J connectivity index is 3.40. The number of rotatable bonds is 7. The van der Waals surface area contributed by atoms with Crippen molar-refractivity contribution in [3.8, 4) is 12.3 Å². The van der Waals surface area contributed by atoms with Crippen LogP contribution in [0.15, 0.2) is 0 Å². The highest BCUT2D eigenvalue weighted by atomic mass is 32.2. The van der Waals surface area contributed by atoms with Crippen molar-refractivity contribution in [1.29, 1.82) is 0 Å². The average molecular weight is 236 g/mol. The molecule has 15 heavy (non-hydrogen) atoms. The third-order valence-corrected chi connectivity index (χ3v) is 1.66.